The van der Waals surface area contributed by atoms with Crippen molar-refractivity contribution in [2.24, 2.45) is 0 Å². The molecule has 3 aromatic carbocycles. The maximum atomic E-state index is 13.2. The Morgan fingerprint density at radius 2 is 1.66 bits per heavy atom. The summed E-state index contributed by atoms with van der Waals surface area (Å²) < 4.78 is 7.06. The van der Waals surface area contributed by atoms with E-state index in [1.165, 1.54) is 11.8 Å². The lowest BCUT2D eigenvalue weighted by Crippen LogP contribution is -2.36. The van der Waals surface area contributed by atoms with E-state index in [1.807, 2.05) is 19.1 Å². The number of hydrogen-bond acceptors (Lipinski definition) is 4. The van der Waals surface area contributed by atoms with Crippen molar-refractivity contribution in [2.45, 2.75) is 6.92 Å². The zero-order valence-electron chi connectivity index (χ0n) is 18.7. The summed E-state index contributed by atoms with van der Waals surface area (Å²) in [5, 5.41) is 6.41. The molecule has 0 saturated carbocycles. The minimum Gasteiger partial charge on any atom is -0.497 e. The van der Waals surface area contributed by atoms with Crippen LogP contribution in [-0.4, -0.2) is 29.5 Å². The van der Waals surface area contributed by atoms with Gasteiger partial charge in [0, 0.05) is 20.6 Å². The number of nitrogens with zero attached hydrogens (tertiary/aromatic N) is 1. The number of carbonyl (C=O) groups excluding carboxylic acids is 3. The summed E-state index contributed by atoms with van der Waals surface area (Å²) in [6, 6.07) is 18.5. The van der Waals surface area contributed by atoms with Crippen molar-refractivity contribution in [3.05, 3.63) is 87.5 Å². The maximum absolute atomic E-state index is 13.2. The van der Waals surface area contributed by atoms with Gasteiger partial charge in [-0.15, -0.1) is 0 Å². The van der Waals surface area contributed by atoms with Gasteiger partial charge in [-0.3, -0.25) is 19.8 Å². The lowest BCUT2D eigenvalue weighted by molar-refractivity contribution is -0.133. The number of anilines is 2. The molecule has 0 bridgehead atoms. The maximum Gasteiger partial charge on any atom is 0.328 e. The van der Waals surface area contributed by atoms with Crippen molar-refractivity contribution in [1.82, 2.24) is 4.68 Å². The fourth-order valence-corrected chi connectivity index (χ4v) is 4.17. The van der Waals surface area contributed by atoms with E-state index in [2.05, 4.69) is 32.0 Å². The third-order valence-electron chi connectivity index (χ3n) is 5.14. The minimum absolute atomic E-state index is 0.111. The van der Waals surface area contributed by atoms with Gasteiger partial charge in [0.25, 0.3) is 5.91 Å². The molecule has 8 nitrogen and oxygen atoms in total. The molecule has 4 rings (SSSR count). The molecule has 0 aliphatic rings. The van der Waals surface area contributed by atoms with Gasteiger partial charge in [0.2, 0.25) is 0 Å². The van der Waals surface area contributed by atoms with Gasteiger partial charge in [-0.1, -0.05) is 17.7 Å². The molecule has 0 radical (unpaired) electrons. The average molecular weight is 556 g/mol. The van der Waals surface area contributed by atoms with E-state index in [-0.39, 0.29) is 5.69 Å². The number of benzene rings is 3. The molecule has 1 heterocycles. The molecule has 0 fully saturated rings. The summed E-state index contributed by atoms with van der Waals surface area (Å²) in [6.07, 6.45) is 0. The molecule has 0 unspecified atom stereocenters. The third-order valence-corrected chi connectivity index (χ3v) is 6.03. The fraction of sp³-hybridized carbons (Fsp3) is 0.0800. The quantitative estimate of drug-likeness (QED) is 0.290. The molecular formula is C25H20BrClN4O4. The van der Waals surface area contributed by atoms with Gasteiger partial charge in [-0.05, 0) is 89.1 Å². The highest BCUT2D eigenvalue weighted by molar-refractivity contribution is 9.10. The molecule has 178 valence electrons. The third kappa shape index (κ3) is 5.47. The van der Waals surface area contributed by atoms with Crippen molar-refractivity contribution in [1.29, 1.82) is 0 Å². The SMILES string of the molecule is COc1ccc(NC(=O)C(=O)Nn2c(C(=O)Nc3ccc(C)cc3Br)cc3cc(Cl)ccc32)cc1. The van der Waals surface area contributed by atoms with Crippen LogP contribution in [0.25, 0.3) is 10.9 Å². The van der Waals surface area contributed by atoms with Crippen LogP contribution in [-0.2, 0) is 9.59 Å². The van der Waals surface area contributed by atoms with Gasteiger partial charge in [0.15, 0.2) is 0 Å². The van der Waals surface area contributed by atoms with Crippen molar-refractivity contribution >= 4 is 67.5 Å². The number of fused-ring (bicyclic) bond motifs is 1. The van der Waals surface area contributed by atoms with Crippen LogP contribution in [0.2, 0.25) is 5.02 Å². The highest BCUT2D eigenvalue weighted by Crippen LogP contribution is 2.26. The molecule has 3 N–H and O–H groups in total. The number of amides is 3. The smallest absolute Gasteiger partial charge is 0.328 e. The number of aryl methyl sites for hydroxylation is 1. The van der Waals surface area contributed by atoms with Crippen molar-refractivity contribution in [2.75, 3.05) is 23.2 Å². The van der Waals surface area contributed by atoms with E-state index in [4.69, 9.17) is 16.3 Å². The largest absolute Gasteiger partial charge is 0.497 e. The Labute approximate surface area is 214 Å². The van der Waals surface area contributed by atoms with Crippen LogP contribution in [0.15, 0.2) is 71.2 Å². The zero-order valence-corrected chi connectivity index (χ0v) is 21.0. The highest BCUT2D eigenvalue weighted by atomic mass is 79.9. The van der Waals surface area contributed by atoms with Crippen LogP contribution in [0, 0.1) is 6.92 Å². The Morgan fingerprint density at radius 1 is 0.914 bits per heavy atom. The first kappa shape index (κ1) is 24.3. The molecule has 1 aromatic heterocycles. The van der Waals surface area contributed by atoms with Gasteiger partial charge in [0.05, 0.1) is 18.3 Å². The second kappa shape index (κ2) is 10.2. The Hall–Kier alpha value is -3.82. The van der Waals surface area contributed by atoms with Crippen molar-refractivity contribution in [3.8, 4) is 5.75 Å². The van der Waals surface area contributed by atoms with Crippen LogP contribution in [0.5, 0.6) is 5.75 Å². The first-order chi connectivity index (χ1) is 16.7. The molecular weight excluding hydrogens is 536 g/mol. The van der Waals surface area contributed by atoms with E-state index in [0.29, 0.717) is 37.5 Å². The fourth-order valence-electron chi connectivity index (χ4n) is 3.40. The number of aromatic nitrogens is 1. The summed E-state index contributed by atoms with van der Waals surface area (Å²) in [7, 11) is 1.53. The Bertz CT molecular complexity index is 1450. The average Bonchev–Trinajstić information content (AvgIpc) is 3.18. The number of halogens is 2. The standard InChI is InChI=1S/C25H20BrClN4O4/c1-14-3-9-20(19(26)11-14)29-23(32)22-13-15-12-16(27)4-10-21(15)31(22)30-25(34)24(33)28-17-5-7-18(35-2)8-6-17/h3-13H,1-2H3,(H,28,33)(H,29,32)(H,30,34). The van der Waals surface area contributed by atoms with Crippen molar-refractivity contribution < 1.29 is 19.1 Å². The van der Waals surface area contributed by atoms with Gasteiger partial charge < -0.3 is 15.4 Å². The van der Waals surface area contributed by atoms with Crippen LogP contribution < -0.4 is 20.8 Å². The summed E-state index contributed by atoms with van der Waals surface area (Å²) >= 11 is 9.56. The summed E-state index contributed by atoms with van der Waals surface area (Å²) in [5.41, 5.74) is 5.11. The molecule has 0 atom stereocenters. The monoisotopic (exact) mass is 554 g/mol. The summed E-state index contributed by atoms with van der Waals surface area (Å²) in [6.45, 7) is 1.94. The van der Waals surface area contributed by atoms with E-state index in [1.54, 1.807) is 54.6 Å². The molecule has 0 saturated heterocycles. The molecule has 0 spiro atoms. The van der Waals surface area contributed by atoms with Crippen LogP contribution in [0.1, 0.15) is 16.1 Å². The normalized spacial score (nSPS) is 10.6. The predicted octanol–water partition coefficient (Wildman–Crippen LogP) is 5.34. The predicted molar refractivity (Wildman–Crippen MR) is 140 cm³/mol. The number of hydrogen-bond donors (Lipinski definition) is 3. The molecule has 0 aliphatic carbocycles. The summed E-state index contributed by atoms with van der Waals surface area (Å²) in [5.74, 6) is -1.74. The molecule has 35 heavy (non-hydrogen) atoms. The lowest BCUT2D eigenvalue weighted by atomic mass is 10.2. The van der Waals surface area contributed by atoms with E-state index in [9.17, 15) is 14.4 Å². The Balaban J connectivity index is 1.61. The van der Waals surface area contributed by atoms with E-state index < -0.39 is 17.7 Å². The van der Waals surface area contributed by atoms with Crippen molar-refractivity contribution in [3.63, 3.8) is 0 Å². The van der Waals surface area contributed by atoms with Crippen LogP contribution in [0.4, 0.5) is 11.4 Å². The Morgan fingerprint density at radius 3 is 2.34 bits per heavy atom. The lowest BCUT2D eigenvalue weighted by Gasteiger charge is -2.13. The zero-order chi connectivity index (χ0) is 25.1. The molecule has 4 aromatic rings. The van der Waals surface area contributed by atoms with Gasteiger partial charge in [-0.2, -0.15) is 0 Å². The van der Waals surface area contributed by atoms with E-state index in [0.717, 1.165) is 5.56 Å². The number of rotatable bonds is 5. The number of ether oxygens (including phenoxy) is 1. The first-order valence-corrected chi connectivity index (χ1v) is 11.6. The van der Waals surface area contributed by atoms with Gasteiger partial charge in [0.1, 0.15) is 11.4 Å². The van der Waals surface area contributed by atoms with Gasteiger partial charge in [-0.25, -0.2) is 4.68 Å². The number of carbonyl (C=O) groups is 3. The first-order valence-electron chi connectivity index (χ1n) is 10.4. The van der Waals surface area contributed by atoms with Gasteiger partial charge >= 0.3 is 11.8 Å². The molecule has 0 aliphatic heterocycles. The second-order valence-electron chi connectivity index (χ2n) is 7.63. The number of nitrogens with one attached hydrogen (secondary N) is 3. The highest BCUT2D eigenvalue weighted by Gasteiger charge is 2.21. The topological polar surface area (TPSA) is 101 Å². The van der Waals surface area contributed by atoms with Crippen LogP contribution in [0.3, 0.4) is 0 Å². The van der Waals surface area contributed by atoms with E-state index >= 15 is 0 Å². The minimum atomic E-state index is -0.959. The molecule has 10 heteroatoms. The summed E-state index contributed by atoms with van der Waals surface area (Å²) in [4.78, 5) is 38.5. The second-order valence-corrected chi connectivity index (χ2v) is 8.92. The number of methoxy groups -OCH3 is 1. The molecule has 3 amide bonds. The van der Waals surface area contributed by atoms with Crippen LogP contribution >= 0.6 is 27.5 Å². The Kier molecular flexibility index (Phi) is 7.09.